The van der Waals surface area contributed by atoms with Gasteiger partial charge in [-0.3, -0.25) is 0 Å². The average molecular weight is 469 g/mol. The Bertz CT molecular complexity index is 340. The highest BCUT2D eigenvalue weighted by Crippen LogP contribution is 2.20. The maximum atomic E-state index is 6.11. The van der Waals surface area contributed by atoms with Gasteiger partial charge in [-0.05, 0) is 25.7 Å². The zero-order valence-electron chi connectivity index (χ0n) is 22.8. The van der Waals surface area contributed by atoms with Crippen molar-refractivity contribution in [1.82, 2.24) is 0 Å². The van der Waals surface area contributed by atoms with Crippen molar-refractivity contribution in [3.8, 4) is 0 Å². The second kappa shape index (κ2) is 25.0. The van der Waals surface area contributed by atoms with Gasteiger partial charge in [-0.2, -0.15) is 0 Å². The van der Waals surface area contributed by atoms with Crippen LogP contribution in [0, 0.1) is 0 Å². The van der Waals surface area contributed by atoms with Gasteiger partial charge in [0, 0.05) is 13.2 Å². The molecule has 0 aliphatic carbocycles. The molecule has 0 amide bonds. The van der Waals surface area contributed by atoms with E-state index in [1.807, 2.05) is 0 Å². The highest BCUT2D eigenvalue weighted by atomic mass is 16.6. The van der Waals surface area contributed by atoms with E-state index in [4.69, 9.17) is 14.2 Å². The van der Waals surface area contributed by atoms with Crippen molar-refractivity contribution in [1.29, 1.82) is 0 Å². The van der Waals surface area contributed by atoms with Gasteiger partial charge in [-0.15, -0.1) is 0 Å². The summed E-state index contributed by atoms with van der Waals surface area (Å²) in [7, 11) is 0. The summed E-state index contributed by atoms with van der Waals surface area (Å²) in [6.07, 6.45) is 30.4. The molecule has 1 heterocycles. The fourth-order valence-corrected chi connectivity index (χ4v) is 4.84. The van der Waals surface area contributed by atoms with Gasteiger partial charge in [0.2, 0.25) is 0 Å². The standard InChI is InChI=1S/C30H60O3/c1-3-5-7-9-11-13-15-17-19-21-25-31-27-29-23-24-30(33-29)28-32-26-22-20-18-16-14-12-10-8-6-4-2/h29-30H,3-28H2,1-2H3. The number of ether oxygens (including phenoxy) is 3. The third-order valence-electron chi connectivity index (χ3n) is 7.09. The number of hydrogen-bond acceptors (Lipinski definition) is 3. The van der Waals surface area contributed by atoms with Crippen LogP contribution in [-0.2, 0) is 14.2 Å². The molecule has 1 aliphatic heterocycles. The molecule has 1 aliphatic rings. The minimum absolute atomic E-state index is 0.291. The van der Waals surface area contributed by atoms with E-state index >= 15 is 0 Å². The van der Waals surface area contributed by atoms with E-state index in [1.165, 1.54) is 128 Å². The molecule has 0 saturated carbocycles. The Kier molecular flexibility index (Phi) is 23.4. The third-order valence-corrected chi connectivity index (χ3v) is 7.09. The van der Waals surface area contributed by atoms with Crippen molar-refractivity contribution >= 4 is 0 Å². The van der Waals surface area contributed by atoms with Gasteiger partial charge in [-0.25, -0.2) is 0 Å². The van der Waals surface area contributed by atoms with E-state index in [-0.39, 0.29) is 0 Å². The van der Waals surface area contributed by atoms with Crippen molar-refractivity contribution < 1.29 is 14.2 Å². The molecule has 0 aromatic carbocycles. The molecule has 0 N–H and O–H groups in total. The maximum Gasteiger partial charge on any atom is 0.0814 e. The molecule has 1 saturated heterocycles. The normalized spacial score (nSPS) is 18.4. The lowest BCUT2D eigenvalue weighted by Gasteiger charge is -2.14. The Morgan fingerprint density at radius 2 is 0.758 bits per heavy atom. The largest absolute Gasteiger partial charge is 0.379 e. The molecule has 0 radical (unpaired) electrons. The van der Waals surface area contributed by atoms with Crippen LogP contribution < -0.4 is 0 Å². The van der Waals surface area contributed by atoms with Crippen LogP contribution in [0.5, 0.6) is 0 Å². The molecule has 2 unspecified atom stereocenters. The summed E-state index contributed by atoms with van der Waals surface area (Å²) in [6.45, 7) is 7.91. The van der Waals surface area contributed by atoms with Gasteiger partial charge in [0.25, 0.3) is 0 Å². The SMILES string of the molecule is CCCCCCCCCCCCOCC1CCC(COCCCCCCCCCCCC)O1. The minimum atomic E-state index is 0.291. The lowest BCUT2D eigenvalue weighted by molar-refractivity contribution is -0.0460. The van der Waals surface area contributed by atoms with Gasteiger partial charge in [-0.1, -0.05) is 129 Å². The molecular formula is C30H60O3. The molecule has 0 bridgehead atoms. The van der Waals surface area contributed by atoms with Crippen molar-refractivity contribution in [2.45, 2.75) is 167 Å². The van der Waals surface area contributed by atoms with E-state index in [1.54, 1.807) is 0 Å². The molecule has 1 fully saturated rings. The minimum Gasteiger partial charge on any atom is -0.379 e. The zero-order chi connectivity index (χ0) is 23.7. The van der Waals surface area contributed by atoms with Crippen LogP contribution >= 0.6 is 0 Å². The van der Waals surface area contributed by atoms with Crippen LogP contribution in [0.25, 0.3) is 0 Å². The molecule has 3 heteroatoms. The molecular weight excluding hydrogens is 408 g/mol. The van der Waals surface area contributed by atoms with E-state index < -0.39 is 0 Å². The first-order valence-electron chi connectivity index (χ1n) is 15.2. The summed E-state index contributed by atoms with van der Waals surface area (Å²) < 4.78 is 17.9. The molecule has 0 spiro atoms. The van der Waals surface area contributed by atoms with Gasteiger partial charge >= 0.3 is 0 Å². The Balaban J connectivity index is 1.76. The molecule has 1 rings (SSSR count). The topological polar surface area (TPSA) is 27.7 Å². The van der Waals surface area contributed by atoms with Crippen molar-refractivity contribution in [2.75, 3.05) is 26.4 Å². The van der Waals surface area contributed by atoms with Gasteiger partial charge in [0.05, 0.1) is 25.4 Å². The van der Waals surface area contributed by atoms with Crippen LogP contribution in [0.3, 0.4) is 0 Å². The van der Waals surface area contributed by atoms with Crippen LogP contribution in [0.1, 0.15) is 155 Å². The quantitative estimate of drug-likeness (QED) is 0.118. The monoisotopic (exact) mass is 468 g/mol. The van der Waals surface area contributed by atoms with Crippen molar-refractivity contribution in [3.63, 3.8) is 0 Å². The highest BCUT2D eigenvalue weighted by Gasteiger charge is 2.25. The van der Waals surface area contributed by atoms with Gasteiger partial charge in [0.15, 0.2) is 0 Å². The third kappa shape index (κ3) is 20.9. The molecule has 198 valence electrons. The summed E-state index contributed by atoms with van der Waals surface area (Å²) in [5.41, 5.74) is 0. The molecule has 0 aromatic heterocycles. The lowest BCUT2D eigenvalue weighted by atomic mass is 10.1. The van der Waals surface area contributed by atoms with Crippen molar-refractivity contribution in [3.05, 3.63) is 0 Å². The summed E-state index contributed by atoms with van der Waals surface area (Å²) in [6, 6.07) is 0. The maximum absolute atomic E-state index is 6.11. The summed E-state index contributed by atoms with van der Waals surface area (Å²) in [5.74, 6) is 0. The van der Waals surface area contributed by atoms with E-state index in [0.717, 1.165) is 39.3 Å². The summed E-state index contributed by atoms with van der Waals surface area (Å²) >= 11 is 0. The number of rotatable bonds is 26. The fourth-order valence-electron chi connectivity index (χ4n) is 4.84. The average Bonchev–Trinajstić information content (AvgIpc) is 3.28. The van der Waals surface area contributed by atoms with Crippen LogP contribution in [0.4, 0.5) is 0 Å². The van der Waals surface area contributed by atoms with E-state index in [0.29, 0.717) is 12.2 Å². The first-order chi connectivity index (χ1) is 16.4. The highest BCUT2D eigenvalue weighted by molar-refractivity contribution is 4.73. The lowest BCUT2D eigenvalue weighted by Crippen LogP contribution is -2.20. The predicted octanol–water partition coefficient (Wildman–Crippen LogP) is 9.41. The van der Waals surface area contributed by atoms with Crippen LogP contribution in [0.15, 0.2) is 0 Å². The number of unbranched alkanes of at least 4 members (excludes halogenated alkanes) is 18. The Morgan fingerprint density at radius 3 is 1.09 bits per heavy atom. The fraction of sp³-hybridized carbons (Fsp3) is 1.00. The second-order valence-corrected chi connectivity index (χ2v) is 10.5. The predicted molar refractivity (Wildman–Crippen MR) is 143 cm³/mol. The van der Waals surface area contributed by atoms with Crippen molar-refractivity contribution in [2.24, 2.45) is 0 Å². The molecule has 0 aromatic rings. The Hall–Kier alpha value is -0.120. The second-order valence-electron chi connectivity index (χ2n) is 10.5. The van der Waals surface area contributed by atoms with Crippen LogP contribution in [0.2, 0.25) is 0 Å². The molecule has 3 nitrogen and oxygen atoms in total. The number of hydrogen-bond donors (Lipinski definition) is 0. The summed E-state index contributed by atoms with van der Waals surface area (Å²) in [4.78, 5) is 0. The van der Waals surface area contributed by atoms with Gasteiger partial charge < -0.3 is 14.2 Å². The first-order valence-corrected chi connectivity index (χ1v) is 15.2. The first kappa shape index (κ1) is 30.9. The van der Waals surface area contributed by atoms with Gasteiger partial charge in [0.1, 0.15) is 0 Å². The summed E-state index contributed by atoms with van der Waals surface area (Å²) in [5, 5.41) is 0. The smallest absolute Gasteiger partial charge is 0.0814 e. The Labute approximate surface area is 208 Å². The Morgan fingerprint density at radius 1 is 0.455 bits per heavy atom. The zero-order valence-corrected chi connectivity index (χ0v) is 22.8. The van der Waals surface area contributed by atoms with E-state index in [9.17, 15) is 0 Å². The van der Waals surface area contributed by atoms with E-state index in [2.05, 4.69) is 13.8 Å². The molecule has 33 heavy (non-hydrogen) atoms. The van der Waals surface area contributed by atoms with Crippen LogP contribution in [-0.4, -0.2) is 38.6 Å². The molecule has 2 atom stereocenters.